The Balaban J connectivity index is 0.000000686. The van der Waals surface area contributed by atoms with Crippen molar-refractivity contribution in [2.45, 2.75) is 20.8 Å². The summed E-state index contributed by atoms with van der Waals surface area (Å²) in [5, 5.41) is 0. The zero-order chi connectivity index (χ0) is 12.7. The van der Waals surface area contributed by atoms with Crippen LogP contribution in [0.15, 0.2) is 42.6 Å². The van der Waals surface area contributed by atoms with Crippen LogP contribution in [0, 0.1) is 6.92 Å². The minimum atomic E-state index is 0.604. The lowest BCUT2D eigenvalue weighted by molar-refractivity contribution is 0.112. The Kier molecular flexibility index (Phi) is 5.08. The SMILES string of the molecule is CC.Cc1ccccc1-c1ccc(C=O)cn1. The first-order chi connectivity index (χ1) is 8.31. The molecule has 17 heavy (non-hydrogen) atoms. The van der Waals surface area contributed by atoms with E-state index in [4.69, 9.17) is 0 Å². The standard InChI is InChI=1S/C13H11NO.C2H6/c1-10-4-2-3-5-12(10)13-7-6-11(9-15)8-14-13;1-2/h2-9H,1H3;1-2H3. The summed E-state index contributed by atoms with van der Waals surface area (Å²) in [6.45, 7) is 6.05. The van der Waals surface area contributed by atoms with Crippen LogP contribution in [-0.4, -0.2) is 11.3 Å². The monoisotopic (exact) mass is 227 g/mol. The fourth-order valence-electron chi connectivity index (χ4n) is 1.49. The Morgan fingerprint density at radius 2 is 1.76 bits per heavy atom. The van der Waals surface area contributed by atoms with Gasteiger partial charge in [0.1, 0.15) is 0 Å². The van der Waals surface area contributed by atoms with Gasteiger partial charge >= 0.3 is 0 Å². The highest BCUT2D eigenvalue weighted by atomic mass is 16.1. The number of carbonyl (C=O) groups excluding carboxylic acids is 1. The molecule has 2 nitrogen and oxygen atoms in total. The molecule has 0 atom stereocenters. The number of benzene rings is 1. The van der Waals surface area contributed by atoms with E-state index in [0.717, 1.165) is 17.5 Å². The molecule has 2 rings (SSSR count). The van der Waals surface area contributed by atoms with Gasteiger partial charge in [0, 0.05) is 17.3 Å². The van der Waals surface area contributed by atoms with Gasteiger partial charge in [-0.1, -0.05) is 38.1 Å². The highest BCUT2D eigenvalue weighted by Gasteiger charge is 2.01. The fraction of sp³-hybridized carbons (Fsp3) is 0.200. The highest BCUT2D eigenvalue weighted by molar-refractivity contribution is 5.75. The average molecular weight is 227 g/mol. The van der Waals surface area contributed by atoms with E-state index >= 15 is 0 Å². The lowest BCUT2D eigenvalue weighted by Crippen LogP contribution is -1.88. The Morgan fingerprint density at radius 1 is 1.06 bits per heavy atom. The van der Waals surface area contributed by atoms with E-state index in [0.29, 0.717) is 5.56 Å². The molecule has 88 valence electrons. The first-order valence-corrected chi connectivity index (χ1v) is 5.78. The van der Waals surface area contributed by atoms with Crippen molar-refractivity contribution in [2.24, 2.45) is 0 Å². The van der Waals surface area contributed by atoms with E-state index in [9.17, 15) is 4.79 Å². The largest absolute Gasteiger partial charge is 0.298 e. The number of hydrogen-bond acceptors (Lipinski definition) is 2. The average Bonchev–Trinajstić information content (AvgIpc) is 2.42. The maximum absolute atomic E-state index is 10.5. The van der Waals surface area contributed by atoms with Gasteiger partial charge in [-0.05, 0) is 24.6 Å². The number of aromatic nitrogens is 1. The van der Waals surface area contributed by atoms with Crippen molar-refractivity contribution in [2.75, 3.05) is 0 Å². The predicted molar refractivity (Wildman–Crippen MR) is 71.1 cm³/mol. The molecule has 0 amide bonds. The van der Waals surface area contributed by atoms with Crippen molar-refractivity contribution < 1.29 is 4.79 Å². The molecule has 1 aromatic carbocycles. The van der Waals surface area contributed by atoms with Crippen LogP contribution in [0.1, 0.15) is 29.8 Å². The second kappa shape index (κ2) is 6.59. The van der Waals surface area contributed by atoms with Gasteiger partial charge in [0.15, 0.2) is 6.29 Å². The minimum absolute atomic E-state index is 0.604. The van der Waals surface area contributed by atoms with E-state index in [-0.39, 0.29) is 0 Å². The summed E-state index contributed by atoms with van der Waals surface area (Å²) >= 11 is 0. The molecule has 1 heterocycles. The Hall–Kier alpha value is -1.96. The van der Waals surface area contributed by atoms with Crippen LogP contribution in [0.25, 0.3) is 11.3 Å². The summed E-state index contributed by atoms with van der Waals surface area (Å²) in [6.07, 6.45) is 2.39. The lowest BCUT2D eigenvalue weighted by Gasteiger charge is -2.04. The number of pyridine rings is 1. The van der Waals surface area contributed by atoms with Crippen LogP contribution in [-0.2, 0) is 0 Å². The number of aldehydes is 1. The molecule has 0 saturated carbocycles. The van der Waals surface area contributed by atoms with Crippen LogP contribution in [0.2, 0.25) is 0 Å². The van der Waals surface area contributed by atoms with Gasteiger partial charge in [-0.2, -0.15) is 0 Å². The quantitative estimate of drug-likeness (QED) is 0.728. The zero-order valence-electron chi connectivity index (χ0n) is 10.5. The molecule has 0 bridgehead atoms. The first-order valence-electron chi connectivity index (χ1n) is 5.78. The lowest BCUT2D eigenvalue weighted by atomic mass is 10.1. The van der Waals surface area contributed by atoms with Crippen LogP contribution in [0.3, 0.4) is 0 Å². The van der Waals surface area contributed by atoms with Crippen LogP contribution in [0.4, 0.5) is 0 Å². The smallest absolute Gasteiger partial charge is 0.151 e. The van der Waals surface area contributed by atoms with Crippen molar-refractivity contribution in [1.29, 1.82) is 0 Å². The third-order valence-electron chi connectivity index (χ3n) is 2.34. The summed E-state index contributed by atoms with van der Waals surface area (Å²) in [4.78, 5) is 14.7. The Labute approximate surface area is 102 Å². The number of rotatable bonds is 2. The fourth-order valence-corrected chi connectivity index (χ4v) is 1.49. The van der Waals surface area contributed by atoms with Gasteiger partial charge in [-0.25, -0.2) is 0 Å². The maximum Gasteiger partial charge on any atom is 0.151 e. The molecule has 0 N–H and O–H groups in total. The minimum Gasteiger partial charge on any atom is -0.298 e. The summed E-state index contributed by atoms with van der Waals surface area (Å²) < 4.78 is 0. The molecule has 0 saturated heterocycles. The van der Waals surface area contributed by atoms with Gasteiger partial charge < -0.3 is 0 Å². The third-order valence-corrected chi connectivity index (χ3v) is 2.34. The Bertz CT molecular complexity index is 475. The Morgan fingerprint density at radius 3 is 2.29 bits per heavy atom. The first kappa shape index (κ1) is 13.1. The number of carbonyl (C=O) groups is 1. The topological polar surface area (TPSA) is 30.0 Å². The molecular formula is C15H17NO. The molecular weight excluding hydrogens is 210 g/mol. The van der Waals surface area contributed by atoms with E-state index < -0.39 is 0 Å². The summed E-state index contributed by atoms with van der Waals surface area (Å²) in [7, 11) is 0. The molecule has 0 radical (unpaired) electrons. The number of nitrogens with zero attached hydrogens (tertiary/aromatic N) is 1. The van der Waals surface area contributed by atoms with Crippen LogP contribution in [0.5, 0.6) is 0 Å². The van der Waals surface area contributed by atoms with Crippen molar-refractivity contribution in [3.05, 3.63) is 53.7 Å². The zero-order valence-corrected chi connectivity index (χ0v) is 10.5. The van der Waals surface area contributed by atoms with Crippen LogP contribution < -0.4 is 0 Å². The molecule has 0 aliphatic carbocycles. The van der Waals surface area contributed by atoms with E-state index in [1.165, 1.54) is 5.56 Å². The summed E-state index contributed by atoms with van der Waals surface area (Å²) in [5.74, 6) is 0. The molecule has 0 aliphatic rings. The van der Waals surface area contributed by atoms with Gasteiger partial charge in [0.05, 0.1) is 5.69 Å². The van der Waals surface area contributed by atoms with Crippen molar-refractivity contribution in [3.63, 3.8) is 0 Å². The molecule has 0 spiro atoms. The van der Waals surface area contributed by atoms with Gasteiger partial charge in [0.25, 0.3) is 0 Å². The molecule has 2 heteroatoms. The van der Waals surface area contributed by atoms with Crippen molar-refractivity contribution >= 4 is 6.29 Å². The van der Waals surface area contributed by atoms with E-state index in [1.54, 1.807) is 12.3 Å². The molecule has 0 aliphatic heterocycles. The van der Waals surface area contributed by atoms with Gasteiger partial charge in [-0.3, -0.25) is 9.78 Å². The van der Waals surface area contributed by atoms with Crippen molar-refractivity contribution in [1.82, 2.24) is 4.98 Å². The van der Waals surface area contributed by atoms with Crippen LogP contribution >= 0.6 is 0 Å². The molecule has 0 unspecified atom stereocenters. The van der Waals surface area contributed by atoms with E-state index in [1.807, 2.05) is 51.1 Å². The van der Waals surface area contributed by atoms with E-state index in [2.05, 4.69) is 4.98 Å². The number of aryl methyl sites for hydroxylation is 1. The maximum atomic E-state index is 10.5. The summed E-state index contributed by atoms with van der Waals surface area (Å²) in [5.41, 5.74) is 3.80. The number of hydrogen-bond donors (Lipinski definition) is 0. The molecule has 0 fully saturated rings. The second-order valence-electron chi connectivity index (χ2n) is 3.41. The van der Waals surface area contributed by atoms with Gasteiger partial charge in [0.2, 0.25) is 0 Å². The normalized spacial score (nSPS) is 9.12. The molecule has 2 aromatic rings. The van der Waals surface area contributed by atoms with Gasteiger partial charge in [-0.15, -0.1) is 0 Å². The third kappa shape index (κ3) is 3.25. The predicted octanol–water partition coefficient (Wildman–Crippen LogP) is 3.90. The molecule has 1 aromatic heterocycles. The summed E-state index contributed by atoms with van der Waals surface area (Å²) in [6, 6.07) is 11.7. The highest BCUT2D eigenvalue weighted by Crippen LogP contribution is 2.20. The van der Waals surface area contributed by atoms with Crippen molar-refractivity contribution in [3.8, 4) is 11.3 Å². The second-order valence-corrected chi connectivity index (χ2v) is 3.41.